The molecule has 2 saturated carbocycles. The molecule has 0 N–H and O–H groups in total. The van der Waals surface area contributed by atoms with E-state index in [2.05, 4.69) is 17.8 Å². The largest absolute Gasteiger partial charge is 2.00 e. The maximum Gasteiger partial charge on any atom is 2.00 e. The molecule has 0 unspecified atom stereocenters. The van der Waals surface area contributed by atoms with E-state index in [-0.39, 0.29) is 17.1 Å². The summed E-state index contributed by atoms with van der Waals surface area (Å²) < 4.78 is 0. The third-order valence-electron chi connectivity index (χ3n) is 1.97. The summed E-state index contributed by atoms with van der Waals surface area (Å²) in [6.45, 7) is 2.01. The maximum absolute atomic E-state index is 4.05. The fourth-order valence-corrected chi connectivity index (χ4v) is 1.07. The number of hydrogen-bond acceptors (Lipinski definition) is 1. The van der Waals surface area contributed by atoms with E-state index in [9.17, 15) is 0 Å². The van der Waals surface area contributed by atoms with Gasteiger partial charge in [0.2, 0.25) is 0 Å². The van der Waals surface area contributed by atoms with Gasteiger partial charge in [-0.05, 0) is 64.7 Å². The molecule has 2 rings (SSSR count). The smallest absolute Gasteiger partial charge is 0.297 e. The molecule has 0 spiro atoms. The summed E-state index contributed by atoms with van der Waals surface area (Å²) in [6, 6.07) is 0. The Kier molecular flexibility index (Phi) is 9.54. The van der Waals surface area contributed by atoms with E-state index in [1.165, 1.54) is 5.92 Å². The van der Waals surface area contributed by atoms with Crippen LogP contribution >= 0.6 is 0 Å². The Hall–Kier alpha value is 0.189. The van der Waals surface area contributed by atoms with Gasteiger partial charge in [0.25, 0.3) is 0 Å². The molecule has 15 heavy (non-hydrogen) atoms. The Labute approximate surface area is 106 Å². The summed E-state index contributed by atoms with van der Waals surface area (Å²) >= 11 is 0. The Morgan fingerprint density at radius 1 is 0.867 bits per heavy atom. The van der Waals surface area contributed by atoms with Crippen LogP contribution in [0.1, 0.15) is 6.92 Å². The first kappa shape index (κ1) is 15.2. The minimum atomic E-state index is 0. The van der Waals surface area contributed by atoms with Crippen LogP contribution in [0.4, 0.5) is 0 Å². The van der Waals surface area contributed by atoms with E-state index >= 15 is 0 Å². The van der Waals surface area contributed by atoms with E-state index in [0.29, 0.717) is 0 Å². The van der Waals surface area contributed by atoms with Crippen LogP contribution in [0.3, 0.4) is 0 Å². The van der Waals surface area contributed by atoms with Gasteiger partial charge in [0.15, 0.2) is 0 Å². The SMILES string of the molecule is CN=C(C)[C]1[CH][CH][CH][CH]1.[CH]1[CH][CH][CH][CH]1.[Fe+2]. The molecule has 0 bridgehead atoms. The molecule has 2 aliphatic rings. The molecular weight excluding hydrogens is 226 g/mol. The van der Waals surface area contributed by atoms with Crippen molar-refractivity contribution >= 4 is 5.71 Å². The molecular formula is C13H15FeN+2. The van der Waals surface area contributed by atoms with Gasteiger partial charge < -0.3 is 0 Å². The molecule has 0 aromatic rings. The molecule has 10 radical (unpaired) electrons. The Bertz CT molecular complexity index is 160. The van der Waals surface area contributed by atoms with Gasteiger partial charge >= 0.3 is 17.1 Å². The van der Waals surface area contributed by atoms with Crippen molar-refractivity contribution in [3.05, 3.63) is 63.7 Å². The second-order valence-corrected chi connectivity index (χ2v) is 2.94. The summed E-state index contributed by atoms with van der Waals surface area (Å²) in [5, 5.41) is 0. The van der Waals surface area contributed by atoms with Crippen LogP contribution in [0.25, 0.3) is 0 Å². The summed E-state index contributed by atoms with van der Waals surface area (Å²) in [7, 11) is 1.81. The van der Waals surface area contributed by atoms with E-state index in [4.69, 9.17) is 0 Å². The maximum atomic E-state index is 4.05. The Morgan fingerprint density at radius 3 is 1.60 bits per heavy atom. The van der Waals surface area contributed by atoms with Crippen LogP contribution in [0, 0.1) is 63.7 Å². The van der Waals surface area contributed by atoms with E-state index in [1.807, 2.05) is 58.9 Å². The molecule has 0 aromatic heterocycles. The topological polar surface area (TPSA) is 12.4 Å². The molecule has 78 valence electrons. The van der Waals surface area contributed by atoms with Crippen molar-refractivity contribution in [1.29, 1.82) is 0 Å². The van der Waals surface area contributed by atoms with Crippen molar-refractivity contribution < 1.29 is 17.1 Å². The zero-order valence-electron chi connectivity index (χ0n) is 9.00. The van der Waals surface area contributed by atoms with Crippen molar-refractivity contribution in [3.8, 4) is 0 Å². The number of aliphatic imine (C=N–C) groups is 1. The first-order valence-corrected chi connectivity index (χ1v) is 4.66. The third-order valence-corrected chi connectivity index (χ3v) is 1.97. The van der Waals surface area contributed by atoms with Gasteiger partial charge in [-0.15, -0.1) is 0 Å². The summed E-state index contributed by atoms with van der Waals surface area (Å²) in [4.78, 5) is 4.05. The molecule has 2 fully saturated rings. The minimum Gasteiger partial charge on any atom is -0.297 e. The van der Waals surface area contributed by atoms with Crippen molar-refractivity contribution in [1.82, 2.24) is 0 Å². The van der Waals surface area contributed by atoms with Gasteiger partial charge in [0.1, 0.15) is 0 Å². The van der Waals surface area contributed by atoms with Crippen LogP contribution in [0.15, 0.2) is 4.99 Å². The Balaban J connectivity index is 0.000000280. The zero-order valence-corrected chi connectivity index (χ0v) is 10.1. The van der Waals surface area contributed by atoms with Crippen molar-refractivity contribution in [2.24, 2.45) is 4.99 Å². The monoisotopic (exact) mass is 241 g/mol. The second-order valence-electron chi connectivity index (χ2n) is 2.94. The van der Waals surface area contributed by atoms with Crippen LogP contribution in [-0.4, -0.2) is 12.8 Å². The van der Waals surface area contributed by atoms with Crippen LogP contribution < -0.4 is 0 Å². The van der Waals surface area contributed by atoms with Crippen molar-refractivity contribution in [2.75, 3.05) is 7.05 Å². The number of hydrogen-bond donors (Lipinski definition) is 0. The summed E-state index contributed by atoms with van der Waals surface area (Å²) in [6.07, 6.45) is 18.2. The van der Waals surface area contributed by atoms with Gasteiger partial charge in [0.05, 0.1) is 0 Å². The summed E-state index contributed by atoms with van der Waals surface area (Å²) in [5.74, 6) is 1.22. The third kappa shape index (κ3) is 6.37. The fourth-order valence-electron chi connectivity index (χ4n) is 1.07. The van der Waals surface area contributed by atoms with Crippen LogP contribution in [0.2, 0.25) is 0 Å². The minimum absolute atomic E-state index is 0. The van der Waals surface area contributed by atoms with E-state index in [0.717, 1.165) is 5.71 Å². The molecule has 0 atom stereocenters. The quantitative estimate of drug-likeness (QED) is 0.494. The van der Waals surface area contributed by atoms with Gasteiger partial charge in [-0.25, -0.2) is 0 Å². The van der Waals surface area contributed by atoms with Gasteiger partial charge in [-0.1, -0.05) is 0 Å². The number of rotatable bonds is 1. The Morgan fingerprint density at radius 2 is 1.27 bits per heavy atom. The average molecular weight is 241 g/mol. The van der Waals surface area contributed by atoms with Gasteiger partial charge in [-0.3, -0.25) is 4.99 Å². The molecule has 2 aliphatic carbocycles. The molecule has 0 heterocycles. The first-order chi connectivity index (χ1) is 6.84. The molecule has 1 nitrogen and oxygen atoms in total. The van der Waals surface area contributed by atoms with Gasteiger partial charge in [-0.2, -0.15) is 0 Å². The average Bonchev–Trinajstić information content (AvgIpc) is 2.91. The normalized spacial score (nSPS) is 21.9. The van der Waals surface area contributed by atoms with Crippen LogP contribution in [0.5, 0.6) is 0 Å². The van der Waals surface area contributed by atoms with E-state index in [1.54, 1.807) is 0 Å². The summed E-state index contributed by atoms with van der Waals surface area (Å²) in [5.41, 5.74) is 1.10. The fraction of sp³-hybridized carbons (Fsp3) is 0.154. The zero-order chi connectivity index (χ0) is 10.2. The molecule has 0 aromatic carbocycles. The predicted molar refractivity (Wildman–Crippen MR) is 61.0 cm³/mol. The number of nitrogens with zero attached hydrogens (tertiary/aromatic N) is 1. The van der Waals surface area contributed by atoms with Crippen molar-refractivity contribution in [3.63, 3.8) is 0 Å². The van der Waals surface area contributed by atoms with Gasteiger partial charge in [0, 0.05) is 18.7 Å². The second kappa shape index (κ2) is 9.42. The standard InChI is InChI=1S/C8H10N.C5H5.Fe/c1-7(9-2)8-5-3-4-6-8;1-2-4-5-3-1;/h3-6H,1-2H3;1-5H;/q;;+2. The van der Waals surface area contributed by atoms with E-state index < -0.39 is 0 Å². The molecule has 0 saturated heterocycles. The predicted octanol–water partition coefficient (Wildman–Crippen LogP) is 2.50. The molecule has 2 heteroatoms. The van der Waals surface area contributed by atoms with Crippen molar-refractivity contribution in [2.45, 2.75) is 6.92 Å². The molecule has 0 amide bonds. The van der Waals surface area contributed by atoms with Crippen LogP contribution in [-0.2, 0) is 17.1 Å². The first-order valence-electron chi connectivity index (χ1n) is 4.66. The molecule has 0 aliphatic heterocycles.